The molecule has 0 heterocycles. The van der Waals surface area contributed by atoms with Gasteiger partial charge in [0.25, 0.3) is 5.69 Å². The molecule has 2 saturated carbocycles. The van der Waals surface area contributed by atoms with Crippen molar-refractivity contribution in [3.05, 3.63) is 33.9 Å². The molecule has 20 heavy (non-hydrogen) atoms. The summed E-state index contributed by atoms with van der Waals surface area (Å²) in [5.74, 6) is -0.554. The Balaban J connectivity index is 2.06. The van der Waals surface area contributed by atoms with Crippen LogP contribution in [0.4, 0.5) is 11.4 Å². The first-order chi connectivity index (χ1) is 9.58. The number of para-hydroxylation sites is 1. The molecule has 2 fully saturated rings. The Morgan fingerprint density at radius 1 is 1.35 bits per heavy atom. The zero-order valence-corrected chi connectivity index (χ0v) is 11.0. The van der Waals surface area contributed by atoms with E-state index >= 15 is 0 Å². The van der Waals surface area contributed by atoms with Crippen LogP contribution in [0.25, 0.3) is 0 Å². The lowest BCUT2D eigenvalue weighted by Gasteiger charge is -2.25. The van der Waals surface area contributed by atoms with Crippen LogP contribution < -0.4 is 4.90 Å². The number of nitrogens with zero attached hydrogens (tertiary/aromatic N) is 2. The fraction of sp³-hybridized carbons (Fsp3) is 0.500. The van der Waals surface area contributed by atoms with Crippen LogP contribution in [0.5, 0.6) is 0 Å². The molecular formula is C14H16N2O4. The molecule has 0 bridgehead atoms. The standard InChI is InChI=1S/C14H16N2O4/c17-14(18)11-2-1-3-12(16(19)20)13(11)15(10-6-7-10)8-9-4-5-9/h1-3,9-10H,4-8H2,(H,17,18). The summed E-state index contributed by atoms with van der Waals surface area (Å²) in [6.45, 7) is 0.732. The number of anilines is 1. The second-order valence-electron chi connectivity index (χ2n) is 5.56. The molecule has 106 valence electrons. The van der Waals surface area contributed by atoms with E-state index in [2.05, 4.69) is 0 Å². The van der Waals surface area contributed by atoms with Gasteiger partial charge in [-0.25, -0.2) is 4.79 Å². The maximum atomic E-state index is 11.4. The summed E-state index contributed by atoms with van der Waals surface area (Å²) in [4.78, 5) is 24.1. The number of carboxylic acid groups (broad SMARTS) is 1. The van der Waals surface area contributed by atoms with Gasteiger partial charge in [-0.05, 0) is 37.7 Å². The zero-order valence-electron chi connectivity index (χ0n) is 11.0. The molecule has 0 unspecified atom stereocenters. The smallest absolute Gasteiger partial charge is 0.338 e. The van der Waals surface area contributed by atoms with Crippen molar-refractivity contribution >= 4 is 17.3 Å². The molecule has 1 N–H and O–H groups in total. The number of carbonyl (C=O) groups is 1. The fourth-order valence-electron chi connectivity index (χ4n) is 2.54. The van der Waals surface area contributed by atoms with Gasteiger partial charge in [-0.3, -0.25) is 10.1 Å². The summed E-state index contributed by atoms with van der Waals surface area (Å²) in [6, 6.07) is 4.54. The van der Waals surface area contributed by atoms with Gasteiger partial charge in [-0.2, -0.15) is 0 Å². The topological polar surface area (TPSA) is 83.7 Å². The van der Waals surface area contributed by atoms with Crippen molar-refractivity contribution in [1.29, 1.82) is 0 Å². The minimum absolute atomic E-state index is 0.0340. The van der Waals surface area contributed by atoms with Gasteiger partial charge in [0, 0.05) is 18.7 Å². The largest absolute Gasteiger partial charge is 0.478 e. The number of hydrogen-bond donors (Lipinski definition) is 1. The van der Waals surface area contributed by atoms with Gasteiger partial charge in [0.05, 0.1) is 10.5 Å². The third-order valence-corrected chi connectivity index (χ3v) is 3.87. The lowest BCUT2D eigenvalue weighted by Crippen LogP contribution is -2.30. The molecule has 3 rings (SSSR count). The number of carboxylic acids is 1. The van der Waals surface area contributed by atoms with Crippen molar-refractivity contribution in [1.82, 2.24) is 0 Å². The van der Waals surface area contributed by atoms with E-state index in [1.54, 1.807) is 0 Å². The van der Waals surface area contributed by atoms with Crippen molar-refractivity contribution in [2.45, 2.75) is 31.7 Å². The Kier molecular flexibility index (Phi) is 3.08. The Morgan fingerprint density at radius 3 is 2.55 bits per heavy atom. The number of rotatable bonds is 6. The molecule has 0 atom stereocenters. The number of benzene rings is 1. The third-order valence-electron chi connectivity index (χ3n) is 3.87. The van der Waals surface area contributed by atoms with Crippen molar-refractivity contribution in [2.24, 2.45) is 5.92 Å². The SMILES string of the molecule is O=C(O)c1cccc([N+](=O)[O-])c1N(CC1CC1)C1CC1. The molecule has 0 aliphatic heterocycles. The van der Waals surface area contributed by atoms with Crippen LogP contribution in [0, 0.1) is 16.0 Å². The lowest BCUT2D eigenvalue weighted by molar-refractivity contribution is -0.384. The van der Waals surface area contributed by atoms with Gasteiger partial charge < -0.3 is 10.0 Å². The fourth-order valence-corrected chi connectivity index (χ4v) is 2.54. The summed E-state index contributed by atoms with van der Waals surface area (Å²) in [5.41, 5.74) is 0.226. The first kappa shape index (κ1) is 12.9. The van der Waals surface area contributed by atoms with Gasteiger partial charge in [-0.15, -0.1) is 0 Å². The second-order valence-corrected chi connectivity index (χ2v) is 5.56. The van der Waals surface area contributed by atoms with Crippen LogP contribution in [0.2, 0.25) is 0 Å². The van der Waals surface area contributed by atoms with Crippen LogP contribution in [0.3, 0.4) is 0 Å². The molecular weight excluding hydrogens is 260 g/mol. The third kappa shape index (κ3) is 2.45. The molecule has 0 amide bonds. The summed E-state index contributed by atoms with van der Waals surface area (Å²) < 4.78 is 0. The number of nitro benzene ring substituents is 1. The summed E-state index contributed by atoms with van der Waals surface area (Å²) >= 11 is 0. The van der Waals surface area contributed by atoms with Crippen LogP contribution >= 0.6 is 0 Å². The minimum atomic E-state index is -1.11. The molecule has 6 heteroatoms. The van der Waals surface area contributed by atoms with Crippen molar-refractivity contribution < 1.29 is 14.8 Å². The van der Waals surface area contributed by atoms with Gasteiger partial charge in [0.2, 0.25) is 0 Å². The Labute approximate surface area is 116 Å². The highest BCUT2D eigenvalue weighted by molar-refractivity contribution is 5.97. The first-order valence-electron chi connectivity index (χ1n) is 6.85. The molecule has 0 spiro atoms. The molecule has 0 saturated heterocycles. The Bertz CT molecular complexity index is 532. The predicted molar refractivity (Wildman–Crippen MR) is 73.1 cm³/mol. The van der Waals surface area contributed by atoms with Crippen LogP contribution in [-0.4, -0.2) is 28.6 Å². The van der Waals surface area contributed by atoms with Gasteiger partial charge in [0.15, 0.2) is 0 Å². The highest BCUT2D eigenvalue weighted by Crippen LogP contribution is 2.42. The van der Waals surface area contributed by atoms with E-state index in [9.17, 15) is 20.0 Å². The van der Waals surface area contributed by atoms with Crippen LogP contribution in [-0.2, 0) is 0 Å². The van der Waals surface area contributed by atoms with E-state index in [-0.39, 0.29) is 17.3 Å². The number of hydrogen-bond acceptors (Lipinski definition) is 4. The lowest BCUT2D eigenvalue weighted by atomic mass is 10.1. The second kappa shape index (κ2) is 4.77. The van der Waals surface area contributed by atoms with Crippen molar-refractivity contribution in [2.75, 3.05) is 11.4 Å². The summed E-state index contributed by atoms with van der Waals surface area (Å²) in [7, 11) is 0. The number of aromatic carboxylic acids is 1. The molecule has 2 aliphatic carbocycles. The van der Waals surface area contributed by atoms with Gasteiger partial charge >= 0.3 is 5.97 Å². The Morgan fingerprint density at radius 2 is 2.05 bits per heavy atom. The quantitative estimate of drug-likeness (QED) is 0.638. The van der Waals surface area contributed by atoms with Gasteiger partial charge in [0.1, 0.15) is 5.69 Å². The zero-order chi connectivity index (χ0) is 14.3. The molecule has 6 nitrogen and oxygen atoms in total. The number of nitro groups is 1. The highest BCUT2D eigenvalue weighted by atomic mass is 16.6. The first-order valence-corrected chi connectivity index (χ1v) is 6.85. The summed E-state index contributed by atoms with van der Waals surface area (Å²) in [6.07, 6.45) is 4.23. The van der Waals surface area contributed by atoms with E-state index in [0.29, 0.717) is 11.6 Å². The molecule has 2 aliphatic rings. The maximum Gasteiger partial charge on any atom is 0.338 e. The monoisotopic (exact) mass is 276 g/mol. The molecule has 0 aromatic heterocycles. The molecule has 1 aromatic carbocycles. The van der Waals surface area contributed by atoms with Gasteiger partial charge in [-0.1, -0.05) is 6.07 Å². The van der Waals surface area contributed by atoms with E-state index in [4.69, 9.17) is 0 Å². The minimum Gasteiger partial charge on any atom is -0.478 e. The van der Waals surface area contributed by atoms with Crippen LogP contribution in [0.15, 0.2) is 18.2 Å². The maximum absolute atomic E-state index is 11.4. The van der Waals surface area contributed by atoms with Crippen LogP contribution in [0.1, 0.15) is 36.0 Å². The van der Waals surface area contributed by atoms with E-state index < -0.39 is 10.9 Å². The van der Waals surface area contributed by atoms with E-state index in [1.807, 2.05) is 4.90 Å². The Hall–Kier alpha value is -2.11. The van der Waals surface area contributed by atoms with Crippen molar-refractivity contribution in [3.8, 4) is 0 Å². The average Bonchev–Trinajstić information content (AvgIpc) is 3.26. The average molecular weight is 276 g/mol. The van der Waals surface area contributed by atoms with E-state index in [1.165, 1.54) is 18.2 Å². The van der Waals surface area contributed by atoms with E-state index in [0.717, 1.165) is 32.2 Å². The highest BCUT2D eigenvalue weighted by Gasteiger charge is 2.38. The summed E-state index contributed by atoms with van der Waals surface area (Å²) in [5, 5.41) is 20.6. The molecule has 0 radical (unpaired) electrons. The molecule has 1 aromatic rings. The predicted octanol–water partition coefficient (Wildman–Crippen LogP) is 2.67. The normalized spacial score (nSPS) is 17.8. The van der Waals surface area contributed by atoms with Crippen molar-refractivity contribution in [3.63, 3.8) is 0 Å².